The van der Waals surface area contributed by atoms with Gasteiger partial charge in [0.05, 0.1) is 5.56 Å². The maximum Gasteiger partial charge on any atom is 0.252 e. The normalized spacial score (nSPS) is 10.9. The Labute approximate surface area is 123 Å². The van der Waals surface area contributed by atoms with E-state index in [9.17, 15) is 4.79 Å². The number of hydrogen-bond acceptors (Lipinski definition) is 2. The lowest BCUT2D eigenvalue weighted by Gasteiger charge is -2.11. The van der Waals surface area contributed by atoms with Crippen molar-refractivity contribution in [1.82, 2.24) is 5.32 Å². The SMILES string of the molecule is NCCCNC(=O)c1c2ccccc2cc2ccccc12. The van der Waals surface area contributed by atoms with Gasteiger partial charge in [-0.25, -0.2) is 0 Å². The zero-order valence-electron chi connectivity index (χ0n) is 11.8. The van der Waals surface area contributed by atoms with Crippen LogP contribution in [0.15, 0.2) is 54.6 Å². The summed E-state index contributed by atoms with van der Waals surface area (Å²) in [7, 11) is 0. The lowest BCUT2D eigenvalue weighted by molar-refractivity contribution is 0.0957. The lowest BCUT2D eigenvalue weighted by atomic mass is 9.96. The van der Waals surface area contributed by atoms with Crippen molar-refractivity contribution in [1.29, 1.82) is 0 Å². The molecule has 0 bridgehead atoms. The Kier molecular flexibility index (Phi) is 3.84. The minimum absolute atomic E-state index is 0.0311. The first-order valence-electron chi connectivity index (χ1n) is 7.20. The molecule has 0 saturated heterocycles. The number of hydrogen-bond donors (Lipinski definition) is 2. The first-order chi connectivity index (χ1) is 10.3. The van der Waals surface area contributed by atoms with Gasteiger partial charge in [0.15, 0.2) is 0 Å². The van der Waals surface area contributed by atoms with Crippen LogP contribution in [0, 0.1) is 0 Å². The van der Waals surface area contributed by atoms with Gasteiger partial charge in [-0.2, -0.15) is 0 Å². The number of amides is 1. The van der Waals surface area contributed by atoms with Gasteiger partial charge in [-0.1, -0.05) is 48.5 Å². The van der Waals surface area contributed by atoms with E-state index in [1.807, 2.05) is 48.5 Å². The molecule has 0 radical (unpaired) electrons. The van der Waals surface area contributed by atoms with Gasteiger partial charge in [0.25, 0.3) is 5.91 Å². The fraction of sp³-hybridized carbons (Fsp3) is 0.167. The van der Waals surface area contributed by atoms with Crippen LogP contribution in [0.25, 0.3) is 21.5 Å². The zero-order valence-corrected chi connectivity index (χ0v) is 11.8. The van der Waals surface area contributed by atoms with E-state index in [-0.39, 0.29) is 5.91 Å². The highest BCUT2D eigenvalue weighted by molar-refractivity contribution is 6.18. The Morgan fingerprint density at radius 1 is 0.952 bits per heavy atom. The largest absolute Gasteiger partial charge is 0.352 e. The minimum atomic E-state index is -0.0311. The number of nitrogens with two attached hydrogens (primary N) is 1. The Morgan fingerprint density at radius 3 is 2.10 bits per heavy atom. The third kappa shape index (κ3) is 2.60. The summed E-state index contributed by atoms with van der Waals surface area (Å²) in [6.07, 6.45) is 0.786. The maximum absolute atomic E-state index is 12.6. The molecule has 3 nitrogen and oxygen atoms in total. The molecule has 106 valence electrons. The van der Waals surface area contributed by atoms with Crippen molar-refractivity contribution in [3.8, 4) is 0 Å². The standard InChI is InChI=1S/C18H18N2O/c19-10-5-11-20-18(21)17-15-8-3-1-6-13(15)12-14-7-2-4-9-16(14)17/h1-4,6-9,12H,5,10-11,19H2,(H,20,21). The van der Waals surface area contributed by atoms with Crippen molar-refractivity contribution in [2.75, 3.05) is 13.1 Å². The van der Waals surface area contributed by atoms with E-state index in [1.54, 1.807) is 0 Å². The van der Waals surface area contributed by atoms with Crippen LogP contribution in [0.3, 0.4) is 0 Å². The molecule has 0 unspecified atom stereocenters. The Balaban J connectivity index is 2.18. The second-order valence-electron chi connectivity index (χ2n) is 5.09. The molecule has 3 aromatic rings. The smallest absolute Gasteiger partial charge is 0.252 e. The predicted molar refractivity (Wildman–Crippen MR) is 87.5 cm³/mol. The monoisotopic (exact) mass is 278 g/mol. The molecule has 0 spiro atoms. The van der Waals surface area contributed by atoms with Crippen LogP contribution in [-0.4, -0.2) is 19.0 Å². The third-order valence-electron chi connectivity index (χ3n) is 3.66. The van der Waals surface area contributed by atoms with Gasteiger partial charge in [-0.05, 0) is 40.6 Å². The van der Waals surface area contributed by atoms with Gasteiger partial charge < -0.3 is 11.1 Å². The summed E-state index contributed by atoms with van der Waals surface area (Å²) in [5.74, 6) is -0.0311. The Bertz CT molecular complexity index is 741. The minimum Gasteiger partial charge on any atom is -0.352 e. The van der Waals surface area contributed by atoms with E-state index in [0.29, 0.717) is 13.1 Å². The lowest BCUT2D eigenvalue weighted by Crippen LogP contribution is -2.26. The molecular weight excluding hydrogens is 260 g/mol. The van der Waals surface area contributed by atoms with Gasteiger partial charge in [-0.3, -0.25) is 4.79 Å². The van der Waals surface area contributed by atoms with Crippen LogP contribution in [0.4, 0.5) is 0 Å². The highest BCUT2D eigenvalue weighted by Gasteiger charge is 2.13. The topological polar surface area (TPSA) is 55.1 Å². The summed E-state index contributed by atoms with van der Waals surface area (Å²) in [5.41, 5.74) is 6.23. The molecule has 21 heavy (non-hydrogen) atoms. The van der Waals surface area contributed by atoms with Crippen molar-refractivity contribution in [3.63, 3.8) is 0 Å². The average molecular weight is 278 g/mol. The second kappa shape index (κ2) is 5.94. The van der Waals surface area contributed by atoms with Crippen molar-refractivity contribution in [2.45, 2.75) is 6.42 Å². The van der Waals surface area contributed by atoms with Crippen molar-refractivity contribution in [2.24, 2.45) is 5.73 Å². The van der Waals surface area contributed by atoms with E-state index in [1.165, 1.54) is 0 Å². The van der Waals surface area contributed by atoms with E-state index in [0.717, 1.165) is 33.5 Å². The molecule has 3 rings (SSSR count). The Morgan fingerprint density at radius 2 is 1.52 bits per heavy atom. The average Bonchev–Trinajstić information content (AvgIpc) is 2.52. The zero-order chi connectivity index (χ0) is 14.7. The predicted octanol–water partition coefficient (Wildman–Crippen LogP) is 3.07. The van der Waals surface area contributed by atoms with E-state index in [2.05, 4.69) is 11.4 Å². The first kappa shape index (κ1) is 13.6. The quantitative estimate of drug-likeness (QED) is 0.569. The van der Waals surface area contributed by atoms with Gasteiger partial charge in [0.2, 0.25) is 0 Å². The number of benzene rings is 3. The van der Waals surface area contributed by atoms with Crippen LogP contribution in [0.2, 0.25) is 0 Å². The molecule has 0 aliphatic carbocycles. The molecule has 0 aliphatic rings. The molecule has 3 aromatic carbocycles. The number of carbonyl (C=O) groups is 1. The molecule has 3 N–H and O–H groups in total. The van der Waals surface area contributed by atoms with Gasteiger partial charge >= 0.3 is 0 Å². The highest BCUT2D eigenvalue weighted by atomic mass is 16.1. The van der Waals surface area contributed by atoms with Crippen molar-refractivity contribution in [3.05, 3.63) is 60.2 Å². The van der Waals surface area contributed by atoms with Crippen LogP contribution in [0.5, 0.6) is 0 Å². The third-order valence-corrected chi connectivity index (χ3v) is 3.66. The van der Waals surface area contributed by atoms with E-state index >= 15 is 0 Å². The maximum atomic E-state index is 12.6. The van der Waals surface area contributed by atoms with E-state index < -0.39 is 0 Å². The molecule has 0 saturated carbocycles. The van der Waals surface area contributed by atoms with Crippen LogP contribution < -0.4 is 11.1 Å². The van der Waals surface area contributed by atoms with Gasteiger partial charge in [0, 0.05) is 6.54 Å². The number of nitrogens with one attached hydrogen (secondary N) is 1. The molecule has 0 aliphatic heterocycles. The van der Waals surface area contributed by atoms with Crippen LogP contribution in [-0.2, 0) is 0 Å². The molecular formula is C18H18N2O. The van der Waals surface area contributed by atoms with Crippen LogP contribution >= 0.6 is 0 Å². The number of fused-ring (bicyclic) bond motifs is 2. The number of rotatable bonds is 4. The number of carbonyl (C=O) groups excluding carboxylic acids is 1. The van der Waals surface area contributed by atoms with Gasteiger partial charge in [-0.15, -0.1) is 0 Å². The summed E-state index contributed by atoms with van der Waals surface area (Å²) < 4.78 is 0. The highest BCUT2D eigenvalue weighted by Crippen LogP contribution is 2.28. The molecule has 0 heterocycles. The first-order valence-corrected chi connectivity index (χ1v) is 7.20. The summed E-state index contributed by atoms with van der Waals surface area (Å²) in [6, 6.07) is 18.1. The molecule has 0 atom stereocenters. The van der Waals surface area contributed by atoms with Gasteiger partial charge in [0.1, 0.15) is 0 Å². The fourth-order valence-electron chi connectivity index (χ4n) is 2.65. The summed E-state index contributed by atoms with van der Waals surface area (Å²) in [5, 5.41) is 7.11. The van der Waals surface area contributed by atoms with Crippen molar-refractivity contribution < 1.29 is 4.79 Å². The Hall–Kier alpha value is -2.39. The molecule has 0 aromatic heterocycles. The van der Waals surface area contributed by atoms with E-state index in [4.69, 9.17) is 5.73 Å². The van der Waals surface area contributed by atoms with Crippen molar-refractivity contribution >= 4 is 27.5 Å². The molecule has 0 fully saturated rings. The fourth-order valence-corrected chi connectivity index (χ4v) is 2.65. The molecule has 3 heteroatoms. The molecule has 1 amide bonds. The van der Waals surface area contributed by atoms with Crippen LogP contribution in [0.1, 0.15) is 16.8 Å². The summed E-state index contributed by atoms with van der Waals surface area (Å²) in [4.78, 5) is 12.6. The summed E-state index contributed by atoms with van der Waals surface area (Å²) >= 11 is 0. The second-order valence-corrected chi connectivity index (χ2v) is 5.09. The summed E-state index contributed by atoms with van der Waals surface area (Å²) in [6.45, 7) is 1.18.